The van der Waals surface area contributed by atoms with E-state index in [2.05, 4.69) is 32.9 Å². The first-order valence-electron chi connectivity index (χ1n) is 7.32. The average molecular weight is 340 g/mol. The fraction of sp³-hybridized carbons (Fsp3) is 0.600. The molecular weight excluding hydrogens is 318 g/mol. The summed E-state index contributed by atoms with van der Waals surface area (Å²) >= 11 is 3.35. The van der Waals surface area contributed by atoms with Crippen molar-refractivity contribution >= 4 is 21.6 Å². The molecular formula is C15H22BrN3O. The van der Waals surface area contributed by atoms with E-state index in [9.17, 15) is 4.79 Å². The number of halogens is 1. The van der Waals surface area contributed by atoms with Crippen LogP contribution in [0.15, 0.2) is 28.1 Å². The third kappa shape index (κ3) is 3.95. The lowest BCUT2D eigenvalue weighted by Crippen LogP contribution is -2.24. The molecule has 0 radical (unpaired) electrons. The van der Waals surface area contributed by atoms with Crippen LogP contribution in [-0.2, 0) is 6.54 Å². The van der Waals surface area contributed by atoms with Crippen LogP contribution in [0.3, 0.4) is 0 Å². The minimum absolute atomic E-state index is 0.120. The first-order valence-corrected chi connectivity index (χ1v) is 8.12. The second-order valence-electron chi connectivity index (χ2n) is 5.37. The summed E-state index contributed by atoms with van der Waals surface area (Å²) in [6.45, 7) is 4.94. The Balaban J connectivity index is 1.84. The molecule has 1 N–H and O–H groups in total. The number of nitrogens with zero attached hydrogens (tertiary/aromatic N) is 2. The highest BCUT2D eigenvalue weighted by molar-refractivity contribution is 9.10. The van der Waals surface area contributed by atoms with Gasteiger partial charge in [0.15, 0.2) is 0 Å². The summed E-state index contributed by atoms with van der Waals surface area (Å²) in [5.74, 6) is 0.916. The van der Waals surface area contributed by atoms with Crippen molar-refractivity contribution in [2.45, 2.75) is 45.1 Å². The molecule has 1 aliphatic carbocycles. The van der Waals surface area contributed by atoms with Gasteiger partial charge in [-0.15, -0.1) is 6.58 Å². The molecule has 5 heteroatoms. The van der Waals surface area contributed by atoms with Crippen LogP contribution in [-0.4, -0.2) is 16.3 Å². The molecule has 0 spiro atoms. The molecule has 1 aromatic heterocycles. The van der Waals surface area contributed by atoms with Crippen molar-refractivity contribution in [3.8, 4) is 0 Å². The monoisotopic (exact) mass is 339 g/mol. The van der Waals surface area contributed by atoms with Crippen LogP contribution in [0.1, 0.15) is 38.5 Å². The van der Waals surface area contributed by atoms with Gasteiger partial charge < -0.3 is 5.32 Å². The van der Waals surface area contributed by atoms with Crippen molar-refractivity contribution in [2.24, 2.45) is 5.92 Å². The van der Waals surface area contributed by atoms with Crippen LogP contribution in [0, 0.1) is 5.92 Å². The van der Waals surface area contributed by atoms with E-state index in [1.54, 1.807) is 12.3 Å². The maximum Gasteiger partial charge on any atom is 0.283 e. The molecule has 0 saturated heterocycles. The summed E-state index contributed by atoms with van der Waals surface area (Å²) < 4.78 is 1.94. The highest BCUT2D eigenvalue weighted by Gasteiger charge is 2.14. The topological polar surface area (TPSA) is 46.9 Å². The van der Waals surface area contributed by atoms with Gasteiger partial charge in [0.1, 0.15) is 4.47 Å². The number of hydrogen-bond acceptors (Lipinski definition) is 3. The van der Waals surface area contributed by atoms with Crippen molar-refractivity contribution in [3.63, 3.8) is 0 Å². The minimum atomic E-state index is -0.120. The number of aromatic nitrogens is 2. The van der Waals surface area contributed by atoms with Crippen LogP contribution >= 0.6 is 15.9 Å². The quantitative estimate of drug-likeness (QED) is 0.610. The van der Waals surface area contributed by atoms with Crippen LogP contribution in [0.4, 0.5) is 5.69 Å². The molecule has 20 heavy (non-hydrogen) atoms. The number of rotatable bonds is 7. The second-order valence-corrected chi connectivity index (χ2v) is 6.16. The average Bonchev–Trinajstić information content (AvgIpc) is 2.95. The fourth-order valence-electron chi connectivity index (χ4n) is 2.75. The predicted molar refractivity (Wildman–Crippen MR) is 86.1 cm³/mol. The first-order chi connectivity index (χ1) is 9.72. The standard InChI is InChI=1S/C15H22BrN3O/c1-2-10-19-15(20)14(16)13(11-18-19)17-9-5-8-12-6-3-4-7-12/h2,11-12,17H,1,3-10H2. The lowest BCUT2D eigenvalue weighted by Gasteiger charge is -2.11. The minimum Gasteiger partial charge on any atom is -0.383 e. The normalized spacial score (nSPS) is 15.4. The van der Waals surface area contributed by atoms with E-state index in [-0.39, 0.29) is 5.56 Å². The summed E-state index contributed by atoms with van der Waals surface area (Å²) in [6, 6.07) is 0. The van der Waals surface area contributed by atoms with Gasteiger partial charge in [0.25, 0.3) is 5.56 Å². The van der Waals surface area contributed by atoms with Crippen molar-refractivity contribution in [3.05, 3.63) is 33.7 Å². The molecule has 1 fully saturated rings. The molecule has 0 aromatic carbocycles. The van der Waals surface area contributed by atoms with E-state index in [4.69, 9.17) is 0 Å². The van der Waals surface area contributed by atoms with Crippen LogP contribution in [0.5, 0.6) is 0 Å². The lowest BCUT2D eigenvalue weighted by atomic mass is 10.0. The Morgan fingerprint density at radius 3 is 2.95 bits per heavy atom. The molecule has 1 aromatic rings. The van der Waals surface area contributed by atoms with Gasteiger partial charge in [0.2, 0.25) is 0 Å². The summed E-state index contributed by atoms with van der Waals surface area (Å²) in [6.07, 6.45) is 11.4. The second kappa shape index (κ2) is 7.62. The molecule has 4 nitrogen and oxygen atoms in total. The van der Waals surface area contributed by atoms with Crippen molar-refractivity contribution in [1.82, 2.24) is 9.78 Å². The van der Waals surface area contributed by atoms with E-state index in [1.807, 2.05) is 0 Å². The van der Waals surface area contributed by atoms with Crippen molar-refractivity contribution < 1.29 is 0 Å². The van der Waals surface area contributed by atoms with Gasteiger partial charge in [0, 0.05) is 6.54 Å². The Hall–Kier alpha value is -1.10. The van der Waals surface area contributed by atoms with E-state index >= 15 is 0 Å². The zero-order valence-corrected chi connectivity index (χ0v) is 13.4. The van der Waals surface area contributed by atoms with Gasteiger partial charge >= 0.3 is 0 Å². The van der Waals surface area contributed by atoms with Crippen molar-refractivity contribution in [2.75, 3.05) is 11.9 Å². The highest BCUT2D eigenvalue weighted by atomic mass is 79.9. The maximum absolute atomic E-state index is 12.0. The zero-order valence-electron chi connectivity index (χ0n) is 11.8. The number of anilines is 1. The maximum atomic E-state index is 12.0. The molecule has 0 aliphatic heterocycles. The van der Waals surface area contributed by atoms with Gasteiger partial charge in [-0.3, -0.25) is 4.79 Å². The van der Waals surface area contributed by atoms with E-state index in [0.29, 0.717) is 11.0 Å². The van der Waals surface area contributed by atoms with Crippen molar-refractivity contribution in [1.29, 1.82) is 0 Å². The Labute approximate surface area is 128 Å². The fourth-order valence-corrected chi connectivity index (χ4v) is 3.20. The van der Waals surface area contributed by atoms with Crippen LogP contribution in [0.25, 0.3) is 0 Å². The molecule has 110 valence electrons. The van der Waals surface area contributed by atoms with Crippen LogP contribution in [0.2, 0.25) is 0 Å². The largest absolute Gasteiger partial charge is 0.383 e. The zero-order chi connectivity index (χ0) is 14.4. The summed E-state index contributed by atoms with van der Waals surface area (Å²) in [5, 5.41) is 7.42. The van der Waals surface area contributed by atoms with Gasteiger partial charge in [-0.1, -0.05) is 31.8 Å². The summed E-state index contributed by atoms with van der Waals surface area (Å²) in [5.41, 5.74) is 0.660. The lowest BCUT2D eigenvalue weighted by molar-refractivity contribution is 0.491. The molecule has 0 bridgehead atoms. The number of nitrogens with one attached hydrogen (secondary N) is 1. The van der Waals surface area contributed by atoms with Crippen LogP contribution < -0.4 is 10.9 Å². The number of allylic oxidation sites excluding steroid dienone is 1. The molecule has 1 saturated carbocycles. The Morgan fingerprint density at radius 2 is 2.25 bits per heavy atom. The number of hydrogen-bond donors (Lipinski definition) is 1. The third-order valence-electron chi connectivity index (χ3n) is 3.87. The molecule has 2 rings (SSSR count). The van der Waals surface area contributed by atoms with Gasteiger partial charge in [-0.05, 0) is 34.7 Å². The summed E-state index contributed by atoms with van der Waals surface area (Å²) in [7, 11) is 0. The first kappa shape index (κ1) is 15.3. The Morgan fingerprint density at radius 1 is 1.50 bits per heavy atom. The van der Waals surface area contributed by atoms with Gasteiger partial charge in [-0.25, -0.2) is 4.68 Å². The molecule has 1 heterocycles. The van der Waals surface area contributed by atoms with Gasteiger partial charge in [0.05, 0.1) is 18.4 Å². The SMILES string of the molecule is C=CCn1ncc(NCCCC2CCCC2)c(Br)c1=O. The highest BCUT2D eigenvalue weighted by Crippen LogP contribution is 2.28. The molecule has 0 amide bonds. The molecule has 0 unspecified atom stereocenters. The smallest absolute Gasteiger partial charge is 0.283 e. The Kier molecular flexibility index (Phi) is 5.83. The molecule has 0 atom stereocenters. The molecule has 1 aliphatic rings. The van der Waals surface area contributed by atoms with Gasteiger partial charge in [-0.2, -0.15) is 5.10 Å². The van der Waals surface area contributed by atoms with E-state index in [0.717, 1.165) is 24.6 Å². The van der Waals surface area contributed by atoms with E-state index < -0.39 is 0 Å². The summed E-state index contributed by atoms with van der Waals surface area (Å²) in [4.78, 5) is 12.0. The van der Waals surface area contributed by atoms with E-state index in [1.165, 1.54) is 36.8 Å². The predicted octanol–water partition coefficient (Wildman–Crippen LogP) is 3.57. The third-order valence-corrected chi connectivity index (χ3v) is 4.63. The Bertz CT molecular complexity index is 506.